The lowest BCUT2D eigenvalue weighted by molar-refractivity contribution is -0.346. The fraction of sp³-hybridized carbons (Fsp3) is 0.438. The third-order valence-corrected chi connectivity index (χ3v) is 3.72. The molecule has 2 rings (SSSR count). The number of ether oxygens (including phenoxy) is 3. The van der Waals surface area contributed by atoms with Gasteiger partial charge in [-0.2, -0.15) is 0 Å². The number of hydrogen-bond donors (Lipinski definition) is 1. The molecule has 0 amide bonds. The van der Waals surface area contributed by atoms with Crippen LogP contribution in [0.5, 0.6) is 5.75 Å². The Morgan fingerprint density at radius 3 is 2.05 bits per heavy atom. The van der Waals surface area contributed by atoms with E-state index in [0.717, 1.165) is 11.4 Å². The van der Waals surface area contributed by atoms with Crippen LogP contribution < -0.4 is 9.73 Å². The Kier molecular flexibility index (Phi) is 3.75. The van der Waals surface area contributed by atoms with Crippen LogP contribution in [0.2, 0.25) is 0 Å². The average molecular weight is 276 g/mol. The standard InChI is InChI=1S/C16H21NO3/c1-15(2)16(3,4)20-14(19-15)10-11-17-12-6-8-13(18-5)9-7-12/h6-11H,1-5H3/p+1. The summed E-state index contributed by atoms with van der Waals surface area (Å²) in [5.41, 5.74) is 0.290. The number of allylic oxidation sites excluding steroid dienone is 1. The van der Waals surface area contributed by atoms with E-state index in [9.17, 15) is 0 Å². The van der Waals surface area contributed by atoms with Gasteiger partial charge >= 0.3 is 0 Å². The van der Waals surface area contributed by atoms with Gasteiger partial charge in [0.15, 0.2) is 6.21 Å². The Hall–Kier alpha value is -1.97. The zero-order valence-corrected chi connectivity index (χ0v) is 12.7. The van der Waals surface area contributed by atoms with Crippen LogP contribution in [0.25, 0.3) is 0 Å². The van der Waals surface area contributed by atoms with E-state index in [4.69, 9.17) is 14.2 Å². The lowest BCUT2D eigenvalue weighted by atomic mass is 9.90. The largest absolute Gasteiger partial charge is 0.497 e. The Labute approximate surface area is 120 Å². The summed E-state index contributed by atoms with van der Waals surface area (Å²) in [6.07, 6.45) is 3.59. The highest BCUT2D eigenvalue weighted by atomic mass is 16.7. The topological polar surface area (TPSA) is 41.7 Å². The van der Waals surface area contributed by atoms with Gasteiger partial charge in [-0.25, -0.2) is 4.99 Å². The maximum atomic E-state index is 5.79. The number of hydrogen-bond acceptors (Lipinski definition) is 3. The second-order valence-electron chi connectivity index (χ2n) is 5.75. The zero-order valence-electron chi connectivity index (χ0n) is 12.7. The van der Waals surface area contributed by atoms with E-state index in [0.29, 0.717) is 5.95 Å². The molecule has 1 saturated heterocycles. The third-order valence-electron chi connectivity index (χ3n) is 3.72. The number of benzene rings is 1. The van der Waals surface area contributed by atoms with E-state index in [-0.39, 0.29) is 11.2 Å². The number of nitrogens with one attached hydrogen (secondary N) is 1. The molecule has 4 nitrogen and oxygen atoms in total. The smallest absolute Gasteiger partial charge is 0.286 e. The van der Waals surface area contributed by atoms with Crippen molar-refractivity contribution in [2.75, 3.05) is 7.11 Å². The highest BCUT2D eigenvalue weighted by molar-refractivity contribution is 5.66. The summed E-state index contributed by atoms with van der Waals surface area (Å²) in [7, 11) is 1.65. The fourth-order valence-corrected chi connectivity index (χ4v) is 1.73. The summed E-state index contributed by atoms with van der Waals surface area (Å²) in [6, 6.07) is 7.69. The van der Waals surface area contributed by atoms with Gasteiger partial charge in [0, 0.05) is 12.1 Å². The van der Waals surface area contributed by atoms with Crippen molar-refractivity contribution in [2.45, 2.75) is 38.9 Å². The van der Waals surface area contributed by atoms with E-state index >= 15 is 0 Å². The van der Waals surface area contributed by atoms with Crippen molar-refractivity contribution in [3.05, 3.63) is 36.3 Å². The molecule has 0 radical (unpaired) electrons. The molecule has 1 heterocycles. The van der Waals surface area contributed by atoms with Crippen molar-refractivity contribution in [1.82, 2.24) is 0 Å². The molecule has 1 aliphatic heterocycles. The summed E-state index contributed by atoms with van der Waals surface area (Å²) < 4.78 is 16.7. The van der Waals surface area contributed by atoms with Crippen LogP contribution in [0.15, 0.2) is 36.3 Å². The van der Waals surface area contributed by atoms with E-state index < -0.39 is 0 Å². The highest BCUT2D eigenvalue weighted by Gasteiger charge is 2.48. The molecule has 0 spiro atoms. The Morgan fingerprint density at radius 2 is 1.55 bits per heavy atom. The first kappa shape index (κ1) is 14.4. The van der Waals surface area contributed by atoms with Gasteiger partial charge in [0.1, 0.15) is 17.0 Å². The minimum absolute atomic E-state index is 0.340. The molecule has 1 N–H and O–H groups in total. The van der Waals surface area contributed by atoms with Gasteiger partial charge in [0.25, 0.3) is 5.95 Å². The van der Waals surface area contributed by atoms with Gasteiger partial charge in [-0.3, -0.25) is 0 Å². The first-order chi connectivity index (χ1) is 9.34. The summed E-state index contributed by atoms with van der Waals surface area (Å²) in [6.45, 7) is 8.07. The van der Waals surface area contributed by atoms with E-state index in [1.54, 1.807) is 19.4 Å². The maximum Gasteiger partial charge on any atom is 0.286 e. The first-order valence-corrected chi connectivity index (χ1v) is 6.66. The average Bonchev–Trinajstić information content (AvgIpc) is 2.58. The first-order valence-electron chi connectivity index (χ1n) is 6.66. The van der Waals surface area contributed by atoms with E-state index in [1.165, 1.54) is 0 Å². The van der Waals surface area contributed by atoms with Crippen molar-refractivity contribution in [2.24, 2.45) is 0 Å². The zero-order chi connectivity index (χ0) is 14.8. The summed E-state index contributed by atoms with van der Waals surface area (Å²) in [4.78, 5) is 3.16. The van der Waals surface area contributed by atoms with Crippen molar-refractivity contribution in [3.8, 4) is 5.75 Å². The lowest BCUT2D eigenvalue weighted by Crippen LogP contribution is -2.60. The molecule has 0 bridgehead atoms. The van der Waals surface area contributed by atoms with E-state index in [2.05, 4.69) is 4.99 Å². The molecule has 0 aliphatic carbocycles. The Bertz CT molecular complexity index is 509. The molecule has 0 atom stereocenters. The predicted octanol–water partition coefficient (Wildman–Crippen LogP) is 1.92. The highest BCUT2D eigenvalue weighted by Crippen LogP contribution is 2.39. The molecule has 1 fully saturated rings. The van der Waals surface area contributed by atoms with Crippen molar-refractivity contribution < 1.29 is 19.2 Å². The molecule has 20 heavy (non-hydrogen) atoms. The van der Waals surface area contributed by atoms with Crippen LogP contribution >= 0.6 is 0 Å². The normalized spacial score (nSPS) is 19.6. The van der Waals surface area contributed by atoms with Crippen molar-refractivity contribution >= 4 is 11.9 Å². The van der Waals surface area contributed by atoms with Crippen molar-refractivity contribution in [1.29, 1.82) is 0 Å². The van der Waals surface area contributed by atoms with E-state index in [1.807, 2.05) is 52.0 Å². The minimum atomic E-state index is -0.340. The molecule has 4 heteroatoms. The third kappa shape index (κ3) is 2.95. The minimum Gasteiger partial charge on any atom is -0.497 e. The summed E-state index contributed by atoms with van der Waals surface area (Å²) in [5, 5.41) is 0. The van der Waals surface area contributed by atoms with Crippen LogP contribution in [0.1, 0.15) is 27.7 Å². The van der Waals surface area contributed by atoms with Crippen LogP contribution in [-0.2, 0) is 9.47 Å². The van der Waals surface area contributed by atoms with Gasteiger partial charge < -0.3 is 14.2 Å². The predicted molar refractivity (Wildman–Crippen MR) is 78.1 cm³/mol. The molecule has 1 aromatic carbocycles. The molecule has 0 saturated carbocycles. The maximum absolute atomic E-state index is 5.79. The molecular formula is C16H22NO3+. The Morgan fingerprint density at radius 1 is 1.00 bits per heavy atom. The molecule has 1 aliphatic rings. The monoisotopic (exact) mass is 276 g/mol. The van der Waals surface area contributed by atoms with Gasteiger partial charge in [-0.05, 0) is 39.8 Å². The quantitative estimate of drug-likeness (QED) is 0.858. The van der Waals surface area contributed by atoms with Crippen LogP contribution in [0.3, 0.4) is 0 Å². The molecule has 1 aromatic rings. The molecule has 0 unspecified atom stereocenters. The Balaban J connectivity index is 2.04. The number of rotatable bonds is 3. The number of methoxy groups -OCH3 is 1. The molecule has 0 aromatic heterocycles. The summed E-state index contributed by atoms with van der Waals surface area (Å²) in [5.74, 6) is 1.36. The second-order valence-corrected chi connectivity index (χ2v) is 5.75. The lowest BCUT2D eigenvalue weighted by Gasteiger charge is -2.28. The molecular weight excluding hydrogens is 254 g/mol. The van der Waals surface area contributed by atoms with Crippen LogP contribution in [-0.4, -0.2) is 24.5 Å². The van der Waals surface area contributed by atoms with Crippen LogP contribution in [0.4, 0.5) is 5.69 Å². The van der Waals surface area contributed by atoms with Crippen LogP contribution in [0, 0.1) is 0 Å². The van der Waals surface area contributed by atoms with Gasteiger partial charge in [0.05, 0.1) is 13.2 Å². The SMILES string of the molecule is COc1ccc([NH+]=CC=C2OC(C)(C)C(C)(C)O2)cc1. The van der Waals surface area contributed by atoms with Crippen molar-refractivity contribution in [3.63, 3.8) is 0 Å². The molecule has 108 valence electrons. The van der Waals surface area contributed by atoms with Gasteiger partial charge in [-0.1, -0.05) is 0 Å². The van der Waals surface area contributed by atoms with Gasteiger partial charge in [0.2, 0.25) is 5.69 Å². The van der Waals surface area contributed by atoms with Gasteiger partial charge in [-0.15, -0.1) is 0 Å². The fourth-order valence-electron chi connectivity index (χ4n) is 1.73. The summed E-state index contributed by atoms with van der Waals surface area (Å²) >= 11 is 0. The second kappa shape index (κ2) is 5.19.